The van der Waals surface area contributed by atoms with Crippen LogP contribution in [0.4, 0.5) is 0 Å². The molecule has 1 N–H and O–H groups in total. The molecule has 1 aromatic heterocycles. The number of aromatic nitrogens is 1. The third-order valence-corrected chi connectivity index (χ3v) is 1.81. The minimum absolute atomic E-state index is 0.177. The van der Waals surface area contributed by atoms with E-state index in [-0.39, 0.29) is 5.91 Å². The van der Waals surface area contributed by atoms with Crippen molar-refractivity contribution in [1.29, 1.82) is 0 Å². The molecule has 0 saturated heterocycles. The van der Waals surface area contributed by atoms with E-state index >= 15 is 0 Å². The Morgan fingerprint density at radius 3 is 3.00 bits per heavy atom. The number of carbonyl (C=O) groups is 1. The fourth-order valence-electron chi connectivity index (χ4n) is 0.897. The highest BCUT2D eigenvalue weighted by molar-refractivity contribution is 5.80. The molecule has 5 nitrogen and oxygen atoms in total. The van der Waals surface area contributed by atoms with Crippen LogP contribution in [0.5, 0.6) is 0 Å². The molecule has 1 heterocycles. The molecule has 0 saturated carbocycles. The van der Waals surface area contributed by atoms with E-state index in [1.165, 1.54) is 7.11 Å². The highest BCUT2D eigenvalue weighted by atomic mass is 16.5. The van der Waals surface area contributed by atoms with Crippen molar-refractivity contribution in [3.8, 4) is 0 Å². The van der Waals surface area contributed by atoms with E-state index in [2.05, 4.69) is 10.3 Å². The second-order valence-corrected chi connectivity index (χ2v) is 2.96. The van der Waals surface area contributed by atoms with E-state index in [0.717, 1.165) is 5.76 Å². The molecule has 14 heavy (non-hydrogen) atoms. The second kappa shape index (κ2) is 4.76. The van der Waals surface area contributed by atoms with Crippen LogP contribution in [0.3, 0.4) is 0 Å². The van der Waals surface area contributed by atoms with Gasteiger partial charge in [0.15, 0.2) is 0 Å². The standard InChI is InChI=1S/C9H14N2O3/c1-6-4-10-8(14-6)5-11-9(12)7(2)13-3/h4,7H,5H2,1-3H3,(H,11,12). The van der Waals surface area contributed by atoms with Crippen LogP contribution in [0.25, 0.3) is 0 Å². The smallest absolute Gasteiger partial charge is 0.249 e. The van der Waals surface area contributed by atoms with Crippen molar-refractivity contribution in [2.45, 2.75) is 26.5 Å². The first-order valence-electron chi connectivity index (χ1n) is 4.35. The predicted octanol–water partition coefficient (Wildman–Crippen LogP) is 0.634. The summed E-state index contributed by atoms with van der Waals surface area (Å²) in [7, 11) is 1.49. The van der Waals surface area contributed by atoms with Gasteiger partial charge in [0.25, 0.3) is 0 Å². The molecule has 1 atom stereocenters. The lowest BCUT2D eigenvalue weighted by Gasteiger charge is -2.08. The summed E-state index contributed by atoms with van der Waals surface area (Å²) in [5.41, 5.74) is 0. The average Bonchev–Trinajstić information content (AvgIpc) is 2.59. The molecule has 0 aliphatic carbocycles. The fourth-order valence-corrected chi connectivity index (χ4v) is 0.897. The Morgan fingerprint density at radius 2 is 2.50 bits per heavy atom. The van der Waals surface area contributed by atoms with Gasteiger partial charge in [-0.05, 0) is 13.8 Å². The van der Waals surface area contributed by atoms with Crippen LogP contribution in [0, 0.1) is 6.92 Å². The van der Waals surface area contributed by atoms with Crippen molar-refractivity contribution < 1.29 is 13.9 Å². The minimum Gasteiger partial charge on any atom is -0.444 e. The molecule has 78 valence electrons. The van der Waals surface area contributed by atoms with Gasteiger partial charge in [-0.2, -0.15) is 0 Å². The largest absolute Gasteiger partial charge is 0.444 e. The molecule has 0 spiro atoms. The highest BCUT2D eigenvalue weighted by Crippen LogP contribution is 2.00. The Morgan fingerprint density at radius 1 is 1.79 bits per heavy atom. The van der Waals surface area contributed by atoms with E-state index in [9.17, 15) is 4.79 Å². The maximum atomic E-state index is 11.2. The van der Waals surface area contributed by atoms with Gasteiger partial charge < -0.3 is 14.5 Å². The number of oxazole rings is 1. The average molecular weight is 198 g/mol. The summed E-state index contributed by atoms with van der Waals surface area (Å²) in [4.78, 5) is 15.2. The molecule has 1 unspecified atom stereocenters. The van der Waals surface area contributed by atoms with E-state index in [0.29, 0.717) is 12.4 Å². The lowest BCUT2D eigenvalue weighted by Crippen LogP contribution is -2.33. The molecule has 0 bridgehead atoms. The molecule has 0 aliphatic heterocycles. The van der Waals surface area contributed by atoms with Crippen molar-refractivity contribution >= 4 is 5.91 Å². The molecular weight excluding hydrogens is 184 g/mol. The quantitative estimate of drug-likeness (QED) is 0.770. The SMILES string of the molecule is COC(C)C(=O)NCc1ncc(C)o1. The Bertz CT molecular complexity index is 309. The van der Waals surface area contributed by atoms with E-state index in [1.807, 2.05) is 0 Å². The summed E-state index contributed by atoms with van der Waals surface area (Å²) in [6, 6.07) is 0. The number of amides is 1. The van der Waals surface area contributed by atoms with Gasteiger partial charge in [0, 0.05) is 7.11 Å². The summed E-state index contributed by atoms with van der Waals surface area (Å²) >= 11 is 0. The summed E-state index contributed by atoms with van der Waals surface area (Å²) < 4.78 is 10.0. The first-order chi connectivity index (χ1) is 6.63. The highest BCUT2D eigenvalue weighted by Gasteiger charge is 2.11. The fraction of sp³-hybridized carbons (Fsp3) is 0.556. The first-order valence-corrected chi connectivity index (χ1v) is 4.35. The zero-order valence-electron chi connectivity index (χ0n) is 8.53. The Balaban J connectivity index is 2.37. The van der Waals surface area contributed by atoms with Crippen LogP contribution in [0.1, 0.15) is 18.6 Å². The first kappa shape index (κ1) is 10.7. The van der Waals surface area contributed by atoms with Crippen LogP contribution >= 0.6 is 0 Å². The number of ether oxygens (including phenoxy) is 1. The summed E-state index contributed by atoms with van der Waals surface area (Å²) in [5, 5.41) is 2.64. The lowest BCUT2D eigenvalue weighted by molar-refractivity contribution is -0.130. The molecule has 1 aromatic rings. The monoisotopic (exact) mass is 198 g/mol. The van der Waals surface area contributed by atoms with Crippen LogP contribution in [0.15, 0.2) is 10.6 Å². The van der Waals surface area contributed by atoms with E-state index in [4.69, 9.17) is 9.15 Å². The van der Waals surface area contributed by atoms with E-state index < -0.39 is 6.10 Å². The number of hydrogen-bond acceptors (Lipinski definition) is 4. The predicted molar refractivity (Wildman–Crippen MR) is 49.6 cm³/mol. The number of nitrogens with zero attached hydrogens (tertiary/aromatic N) is 1. The van der Waals surface area contributed by atoms with Crippen molar-refractivity contribution in [1.82, 2.24) is 10.3 Å². The van der Waals surface area contributed by atoms with Crippen LogP contribution in [-0.4, -0.2) is 24.1 Å². The molecular formula is C9H14N2O3. The molecule has 0 aliphatic rings. The van der Waals surface area contributed by atoms with E-state index in [1.54, 1.807) is 20.0 Å². The van der Waals surface area contributed by atoms with Crippen molar-refractivity contribution in [3.05, 3.63) is 17.8 Å². The number of aryl methyl sites for hydroxylation is 1. The van der Waals surface area contributed by atoms with Crippen molar-refractivity contribution in [3.63, 3.8) is 0 Å². The van der Waals surface area contributed by atoms with Crippen molar-refractivity contribution in [2.75, 3.05) is 7.11 Å². The Kier molecular flexibility index (Phi) is 3.64. The number of hydrogen-bond donors (Lipinski definition) is 1. The van der Waals surface area contributed by atoms with Gasteiger partial charge in [-0.25, -0.2) is 4.98 Å². The topological polar surface area (TPSA) is 64.4 Å². The summed E-state index contributed by atoms with van der Waals surface area (Å²) in [6.07, 6.45) is 1.16. The lowest BCUT2D eigenvalue weighted by atomic mass is 10.4. The van der Waals surface area contributed by atoms with Gasteiger partial charge in [0.2, 0.25) is 11.8 Å². The van der Waals surface area contributed by atoms with Gasteiger partial charge in [-0.1, -0.05) is 0 Å². The van der Waals surface area contributed by atoms with Crippen LogP contribution in [0.2, 0.25) is 0 Å². The maximum Gasteiger partial charge on any atom is 0.249 e. The maximum absolute atomic E-state index is 11.2. The summed E-state index contributed by atoms with van der Waals surface area (Å²) in [6.45, 7) is 3.77. The molecule has 0 aromatic carbocycles. The summed E-state index contributed by atoms with van der Waals surface area (Å²) in [5.74, 6) is 1.05. The van der Waals surface area contributed by atoms with Gasteiger partial charge in [-0.3, -0.25) is 4.79 Å². The number of nitrogens with one attached hydrogen (secondary N) is 1. The molecule has 1 amide bonds. The minimum atomic E-state index is -0.453. The van der Waals surface area contributed by atoms with Crippen LogP contribution in [-0.2, 0) is 16.1 Å². The molecule has 1 rings (SSSR count). The van der Waals surface area contributed by atoms with Gasteiger partial charge in [0.05, 0.1) is 12.7 Å². The molecule has 0 fully saturated rings. The second-order valence-electron chi connectivity index (χ2n) is 2.96. The van der Waals surface area contributed by atoms with Gasteiger partial charge in [0.1, 0.15) is 11.9 Å². The number of carbonyl (C=O) groups excluding carboxylic acids is 1. The normalized spacial score (nSPS) is 12.5. The molecule has 0 radical (unpaired) electrons. The Hall–Kier alpha value is -1.36. The zero-order valence-corrected chi connectivity index (χ0v) is 8.53. The zero-order chi connectivity index (χ0) is 10.6. The number of methoxy groups -OCH3 is 1. The third kappa shape index (κ3) is 2.85. The Labute approximate surface area is 82.5 Å². The van der Waals surface area contributed by atoms with Crippen molar-refractivity contribution in [2.24, 2.45) is 0 Å². The third-order valence-electron chi connectivity index (χ3n) is 1.81. The van der Waals surface area contributed by atoms with Gasteiger partial charge in [-0.15, -0.1) is 0 Å². The molecule has 5 heteroatoms. The number of rotatable bonds is 4. The van der Waals surface area contributed by atoms with Crippen LogP contribution < -0.4 is 5.32 Å². The van der Waals surface area contributed by atoms with Gasteiger partial charge >= 0.3 is 0 Å².